The van der Waals surface area contributed by atoms with Crippen LogP contribution in [-0.4, -0.2) is 69.1 Å². The fourth-order valence-corrected chi connectivity index (χ4v) is 4.49. The topological polar surface area (TPSA) is 91.3 Å². The number of quaternary nitrogens is 1. The largest absolute Gasteiger partial charge is 0.472 e. The van der Waals surface area contributed by atoms with Gasteiger partial charge in [-0.05, 0) is 6.42 Å². The molecule has 0 aromatic rings. The maximum atomic E-state index is 12.0. The molecule has 1 N–H and O–H groups in total. The lowest BCUT2D eigenvalue weighted by atomic mass is 10.0. The third-order valence-corrected chi connectivity index (χ3v) is 6.97. The fourth-order valence-electron chi connectivity index (χ4n) is 3.79. The van der Waals surface area contributed by atoms with E-state index in [1.54, 1.807) is 0 Å². The van der Waals surface area contributed by atoms with E-state index in [2.05, 4.69) is 6.92 Å². The first kappa shape index (κ1) is 35.5. The summed E-state index contributed by atoms with van der Waals surface area (Å²) in [6, 6.07) is 0. The van der Waals surface area contributed by atoms with E-state index in [1.165, 1.54) is 90.4 Å². The quantitative estimate of drug-likeness (QED) is 0.0417. The Labute approximate surface area is 221 Å². The van der Waals surface area contributed by atoms with Crippen LogP contribution in [0.5, 0.6) is 0 Å². The smallest absolute Gasteiger partial charge is 0.433 e. The normalized spacial score (nSPS) is 14.5. The molecule has 0 aromatic carbocycles. The van der Waals surface area contributed by atoms with Crippen LogP contribution in [0.3, 0.4) is 0 Å². The molecular weight excluding hydrogens is 481 g/mol. The molecule has 0 aliphatic rings. The summed E-state index contributed by atoms with van der Waals surface area (Å²) in [6.45, 7) is 4.21. The Kier molecular flexibility index (Phi) is 22.2. The summed E-state index contributed by atoms with van der Waals surface area (Å²) in [6.07, 6.45) is 19.7. The van der Waals surface area contributed by atoms with Crippen molar-refractivity contribution in [1.29, 1.82) is 0 Å². The Morgan fingerprint density at radius 1 is 0.750 bits per heavy atom. The maximum absolute atomic E-state index is 12.0. The highest BCUT2D eigenvalue weighted by atomic mass is 31.2. The molecule has 0 spiro atoms. The van der Waals surface area contributed by atoms with Crippen LogP contribution >= 0.6 is 7.82 Å². The van der Waals surface area contributed by atoms with Crippen LogP contribution < -0.4 is 0 Å². The number of hydrogen-bond donors (Lipinski definition) is 1. The molecule has 0 amide bonds. The van der Waals surface area contributed by atoms with Gasteiger partial charge >= 0.3 is 13.8 Å². The van der Waals surface area contributed by atoms with Gasteiger partial charge in [0.05, 0.1) is 27.7 Å². The van der Waals surface area contributed by atoms with E-state index in [0.717, 1.165) is 19.3 Å². The van der Waals surface area contributed by atoms with Crippen molar-refractivity contribution in [3.63, 3.8) is 0 Å². The molecule has 2 atom stereocenters. The van der Waals surface area contributed by atoms with Crippen LogP contribution in [0.4, 0.5) is 0 Å². The number of ether oxygens (including phenoxy) is 2. The van der Waals surface area contributed by atoms with Crippen molar-refractivity contribution in [1.82, 2.24) is 0 Å². The van der Waals surface area contributed by atoms with Gasteiger partial charge in [0.1, 0.15) is 19.8 Å². The van der Waals surface area contributed by atoms with E-state index in [-0.39, 0.29) is 13.2 Å². The van der Waals surface area contributed by atoms with Crippen molar-refractivity contribution in [3.05, 3.63) is 0 Å². The molecule has 0 bridgehead atoms. The molecular formula is C27H57NO7P+. The molecule has 0 aromatic heterocycles. The Morgan fingerprint density at radius 3 is 1.61 bits per heavy atom. The predicted octanol–water partition coefficient (Wildman–Crippen LogP) is 6.99. The first-order valence-electron chi connectivity index (χ1n) is 14.3. The second kappa shape index (κ2) is 22.5. The molecule has 0 heterocycles. The van der Waals surface area contributed by atoms with Gasteiger partial charge in [0.25, 0.3) is 0 Å². The Balaban J connectivity index is 3.74. The highest BCUT2D eigenvalue weighted by Gasteiger charge is 2.26. The van der Waals surface area contributed by atoms with Crippen molar-refractivity contribution in [2.75, 3.05) is 47.5 Å². The molecule has 0 rings (SSSR count). The Hall–Kier alpha value is -0.500. The van der Waals surface area contributed by atoms with E-state index in [9.17, 15) is 14.3 Å². The molecule has 9 heteroatoms. The van der Waals surface area contributed by atoms with Crippen LogP contribution in [0, 0.1) is 0 Å². The zero-order valence-electron chi connectivity index (χ0n) is 24.0. The van der Waals surface area contributed by atoms with Gasteiger partial charge in [-0.3, -0.25) is 13.8 Å². The molecule has 0 aliphatic carbocycles. The molecule has 0 radical (unpaired) electrons. The van der Waals surface area contributed by atoms with E-state index in [1.807, 2.05) is 21.1 Å². The van der Waals surface area contributed by atoms with Gasteiger partial charge in [-0.2, -0.15) is 0 Å². The number of phosphoric ester groups is 1. The van der Waals surface area contributed by atoms with Crippen molar-refractivity contribution < 1.29 is 37.3 Å². The lowest BCUT2D eigenvalue weighted by molar-refractivity contribution is -0.870. The second-order valence-corrected chi connectivity index (χ2v) is 12.3. The Bertz CT molecular complexity index is 569. The monoisotopic (exact) mass is 538 g/mol. The minimum atomic E-state index is -4.23. The second-order valence-electron chi connectivity index (χ2n) is 10.8. The number of nitrogens with zero attached hydrogens (tertiary/aromatic N) is 1. The first-order valence-corrected chi connectivity index (χ1v) is 15.8. The summed E-state index contributed by atoms with van der Waals surface area (Å²) >= 11 is 0. The van der Waals surface area contributed by atoms with Crippen LogP contribution in [0.2, 0.25) is 0 Å². The number of likely N-dealkylation sites (N-methyl/N-ethyl adjacent to an activating group) is 1. The van der Waals surface area contributed by atoms with Crippen molar-refractivity contribution in [3.8, 4) is 0 Å². The van der Waals surface area contributed by atoms with Crippen LogP contribution in [0.1, 0.15) is 117 Å². The molecule has 2 unspecified atom stereocenters. The number of carbonyl (C=O) groups is 1. The van der Waals surface area contributed by atoms with Gasteiger partial charge in [-0.15, -0.1) is 0 Å². The number of unbranched alkanes of at least 4 members (excludes halogenated alkanes) is 15. The Morgan fingerprint density at radius 2 is 1.19 bits per heavy atom. The number of rotatable bonds is 26. The zero-order valence-corrected chi connectivity index (χ0v) is 24.9. The molecule has 0 fully saturated rings. The molecule has 216 valence electrons. The third-order valence-electron chi connectivity index (χ3n) is 5.99. The third kappa shape index (κ3) is 26.6. The van der Waals surface area contributed by atoms with Crippen LogP contribution in [0.25, 0.3) is 0 Å². The molecule has 8 nitrogen and oxygen atoms in total. The average Bonchev–Trinajstić information content (AvgIpc) is 2.78. The predicted molar refractivity (Wildman–Crippen MR) is 146 cm³/mol. The molecule has 36 heavy (non-hydrogen) atoms. The first-order chi connectivity index (χ1) is 17.1. The number of hydrogen-bond acceptors (Lipinski definition) is 6. The van der Waals surface area contributed by atoms with E-state index >= 15 is 0 Å². The lowest BCUT2D eigenvalue weighted by Crippen LogP contribution is -2.37. The van der Waals surface area contributed by atoms with Gasteiger partial charge < -0.3 is 18.9 Å². The summed E-state index contributed by atoms with van der Waals surface area (Å²) < 4.78 is 33.2. The van der Waals surface area contributed by atoms with E-state index in [0.29, 0.717) is 17.6 Å². The summed E-state index contributed by atoms with van der Waals surface area (Å²) in [4.78, 5) is 21.1. The lowest BCUT2D eigenvalue weighted by Gasteiger charge is -2.24. The summed E-state index contributed by atoms with van der Waals surface area (Å²) in [5, 5.41) is 0. The summed E-state index contributed by atoms with van der Waals surface area (Å²) in [5.41, 5.74) is 0. The van der Waals surface area contributed by atoms with E-state index < -0.39 is 20.1 Å². The van der Waals surface area contributed by atoms with Gasteiger partial charge in [0.15, 0.2) is 0 Å². The standard InChI is InChI=1S/C27H56NO7P/c1-6-7-8-9-10-11-12-13-14-15-16-17-18-19-20-21-23-32-27(35-26(2)29)25-34-36(30,31)33-24-22-28(3,4)5/h27H,6-25H2,1-5H3/p+1. The highest BCUT2D eigenvalue weighted by Crippen LogP contribution is 2.43. The zero-order chi connectivity index (χ0) is 27.1. The minimum Gasteiger partial charge on any atom is -0.433 e. The minimum absolute atomic E-state index is 0.0789. The van der Waals surface area contributed by atoms with Gasteiger partial charge in [0, 0.05) is 6.92 Å². The number of carbonyl (C=O) groups excluding carboxylic acids is 1. The fraction of sp³-hybridized carbons (Fsp3) is 0.963. The average molecular weight is 539 g/mol. The van der Waals surface area contributed by atoms with Crippen LogP contribution in [0.15, 0.2) is 0 Å². The van der Waals surface area contributed by atoms with Gasteiger partial charge in [-0.1, -0.05) is 103 Å². The molecule has 0 saturated carbocycles. The van der Waals surface area contributed by atoms with Gasteiger partial charge in [-0.25, -0.2) is 4.57 Å². The maximum Gasteiger partial charge on any atom is 0.472 e. The van der Waals surface area contributed by atoms with Crippen molar-refractivity contribution in [2.24, 2.45) is 0 Å². The summed E-state index contributed by atoms with van der Waals surface area (Å²) in [5.74, 6) is -0.533. The molecule has 0 aliphatic heterocycles. The number of phosphoric acid groups is 1. The highest BCUT2D eigenvalue weighted by molar-refractivity contribution is 7.47. The van der Waals surface area contributed by atoms with Crippen molar-refractivity contribution >= 4 is 13.8 Å². The van der Waals surface area contributed by atoms with Gasteiger partial charge in [0.2, 0.25) is 6.29 Å². The van der Waals surface area contributed by atoms with Crippen molar-refractivity contribution in [2.45, 2.75) is 123 Å². The van der Waals surface area contributed by atoms with E-state index in [4.69, 9.17) is 18.5 Å². The SMILES string of the molecule is CCCCCCCCCCCCCCCCCCOC(COP(=O)(O)OCC[N+](C)(C)C)OC(C)=O. The number of esters is 1. The molecule has 0 saturated heterocycles. The van der Waals surface area contributed by atoms with Crippen LogP contribution in [-0.2, 0) is 27.9 Å². The summed E-state index contributed by atoms with van der Waals surface area (Å²) in [7, 11) is 1.63.